The van der Waals surface area contributed by atoms with E-state index in [2.05, 4.69) is 26.1 Å². The maximum absolute atomic E-state index is 12.6. The van der Waals surface area contributed by atoms with Crippen LogP contribution in [-0.2, 0) is 13.0 Å². The molecule has 0 saturated heterocycles. The largest absolute Gasteiger partial charge is 0.352 e. The van der Waals surface area contributed by atoms with Gasteiger partial charge in [-0.25, -0.2) is 0 Å². The number of anilines is 1. The number of benzene rings is 1. The van der Waals surface area contributed by atoms with Crippen LogP contribution < -0.4 is 16.0 Å². The number of nitrogens with zero attached hydrogens (tertiary/aromatic N) is 1. The van der Waals surface area contributed by atoms with E-state index in [1.807, 2.05) is 13.8 Å². The summed E-state index contributed by atoms with van der Waals surface area (Å²) >= 11 is 0. The molecule has 0 atom stereocenters. The third kappa shape index (κ3) is 4.42. The van der Waals surface area contributed by atoms with Crippen molar-refractivity contribution in [1.82, 2.24) is 20.8 Å². The predicted molar refractivity (Wildman–Crippen MR) is 103 cm³/mol. The Morgan fingerprint density at radius 2 is 2.00 bits per heavy atom. The molecule has 1 aromatic carbocycles. The van der Waals surface area contributed by atoms with Gasteiger partial charge >= 0.3 is 0 Å². The van der Waals surface area contributed by atoms with E-state index in [-0.39, 0.29) is 24.2 Å². The minimum Gasteiger partial charge on any atom is -0.352 e. The molecule has 4 N–H and O–H groups in total. The maximum atomic E-state index is 12.6. The molecule has 0 saturated carbocycles. The molecule has 0 radical (unpaired) electrons. The second kappa shape index (κ2) is 8.82. The molecular formula is C18H24ClN5O2. The highest BCUT2D eigenvalue weighted by Gasteiger charge is 2.22. The van der Waals surface area contributed by atoms with Crippen molar-refractivity contribution < 1.29 is 9.59 Å². The topological polar surface area (TPSA) is 98.9 Å². The van der Waals surface area contributed by atoms with Gasteiger partial charge < -0.3 is 16.0 Å². The van der Waals surface area contributed by atoms with Crippen molar-refractivity contribution in [2.75, 3.05) is 18.4 Å². The van der Waals surface area contributed by atoms with Crippen molar-refractivity contribution in [1.29, 1.82) is 0 Å². The van der Waals surface area contributed by atoms with E-state index in [9.17, 15) is 9.59 Å². The Labute approximate surface area is 158 Å². The molecule has 7 nitrogen and oxygen atoms in total. The van der Waals surface area contributed by atoms with E-state index in [0.717, 1.165) is 24.2 Å². The van der Waals surface area contributed by atoms with Gasteiger partial charge in [0.1, 0.15) is 0 Å². The fraction of sp³-hybridized carbons (Fsp3) is 0.389. The molecule has 2 heterocycles. The van der Waals surface area contributed by atoms with Crippen molar-refractivity contribution in [3.8, 4) is 0 Å². The Balaban J connectivity index is 0.00000243. The SMILES string of the molecule is CC(C)CNC(=O)c1ccccc1NC(=O)c1n[nH]c2c1CNCC2.Cl. The number of rotatable bonds is 5. The molecule has 8 heteroatoms. The smallest absolute Gasteiger partial charge is 0.276 e. The Morgan fingerprint density at radius 3 is 2.77 bits per heavy atom. The molecule has 0 aliphatic carbocycles. The lowest BCUT2D eigenvalue weighted by Crippen LogP contribution is -2.29. The van der Waals surface area contributed by atoms with Gasteiger partial charge in [0, 0.05) is 37.3 Å². The zero-order valence-corrected chi connectivity index (χ0v) is 15.7. The quantitative estimate of drug-likeness (QED) is 0.641. The molecule has 140 valence electrons. The number of H-pyrrole nitrogens is 1. The highest BCUT2D eigenvalue weighted by Crippen LogP contribution is 2.19. The van der Waals surface area contributed by atoms with Crippen LogP contribution in [0.25, 0.3) is 0 Å². The first-order chi connectivity index (χ1) is 12.1. The summed E-state index contributed by atoms with van der Waals surface area (Å²) in [7, 11) is 0. The van der Waals surface area contributed by atoms with Gasteiger partial charge in [0.05, 0.1) is 11.3 Å². The minimum absolute atomic E-state index is 0. The standard InChI is InChI=1S/C18H23N5O2.ClH/c1-11(2)9-20-17(24)12-5-3-4-6-14(12)21-18(25)16-13-10-19-8-7-15(13)22-23-16;/h3-6,11,19H,7-10H2,1-2H3,(H,20,24)(H,21,25)(H,22,23);1H. The molecule has 2 amide bonds. The first-order valence-corrected chi connectivity index (χ1v) is 8.51. The molecule has 0 spiro atoms. The highest BCUT2D eigenvalue weighted by molar-refractivity contribution is 6.08. The monoisotopic (exact) mass is 377 g/mol. The molecule has 3 rings (SSSR count). The first-order valence-electron chi connectivity index (χ1n) is 8.51. The number of para-hydroxylation sites is 1. The number of carbonyl (C=O) groups excluding carboxylic acids is 2. The molecule has 2 aromatic rings. The van der Waals surface area contributed by atoms with E-state index in [4.69, 9.17) is 0 Å². The summed E-state index contributed by atoms with van der Waals surface area (Å²) in [6, 6.07) is 6.99. The van der Waals surface area contributed by atoms with Crippen LogP contribution in [0.5, 0.6) is 0 Å². The summed E-state index contributed by atoms with van der Waals surface area (Å²) in [5.41, 5.74) is 3.19. The number of amides is 2. The van der Waals surface area contributed by atoms with Crippen LogP contribution in [0.1, 0.15) is 46.0 Å². The van der Waals surface area contributed by atoms with Crippen LogP contribution >= 0.6 is 12.4 Å². The van der Waals surface area contributed by atoms with E-state index >= 15 is 0 Å². The van der Waals surface area contributed by atoms with E-state index in [1.165, 1.54) is 0 Å². The number of fused-ring (bicyclic) bond motifs is 1. The number of aromatic nitrogens is 2. The van der Waals surface area contributed by atoms with Crippen molar-refractivity contribution in [2.24, 2.45) is 5.92 Å². The number of hydrogen-bond donors (Lipinski definition) is 4. The molecule has 26 heavy (non-hydrogen) atoms. The minimum atomic E-state index is -0.315. The van der Waals surface area contributed by atoms with Crippen LogP contribution in [0.4, 0.5) is 5.69 Å². The molecule has 1 aromatic heterocycles. The van der Waals surface area contributed by atoms with Crippen LogP contribution in [0, 0.1) is 5.92 Å². The van der Waals surface area contributed by atoms with E-state index in [1.54, 1.807) is 24.3 Å². The normalized spacial score (nSPS) is 12.9. The van der Waals surface area contributed by atoms with E-state index in [0.29, 0.717) is 36.0 Å². The van der Waals surface area contributed by atoms with Crippen molar-refractivity contribution >= 4 is 29.9 Å². The molecule has 0 bridgehead atoms. The zero-order chi connectivity index (χ0) is 17.8. The number of hydrogen-bond acceptors (Lipinski definition) is 4. The summed E-state index contributed by atoms with van der Waals surface area (Å²) in [6.07, 6.45) is 0.823. The van der Waals surface area contributed by atoms with Gasteiger partial charge in [-0.1, -0.05) is 26.0 Å². The lowest BCUT2D eigenvalue weighted by atomic mass is 10.1. The fourth-order valence-corrected chi connectivity index (χ4v) is 2.78. The average molecular weight is 378 g/mol. The lowest BCUT2D eigenvalue weighted by Gasteiger charge is -2.14. The summed E-state index contributed by atoms with van der Waals surface area (Å²) in [5, 5.41) is 16.0. The Kier molecular flexibility index (Phi) is 6.76. The number of nitrogens with one attached hydrogen (secondary N) is 4. The fourth-order valence-electron chi connectivity index (χ4n) is 2.78. The third-order valence-electron chi connectivity index (χ3n) is 4.11. The second-order valence-corrected chi connectivity index (χ2v) is 6.56. The number of carbonyl (C=O) groups is 2. The third-order valence-corrected chi connectivity index (χ3v) is 4.11. The van der Waals surface area contributed by atoms with Gasteiger partial charge in [-0.3, -0.25) is 14.7 Å². The summed E-state index contributed by atoms with van der Waals surface area (Å²) < 4.78 is 0. The molecule has 1 aliphatic rings. The van der Waals surface area contributed by atoms with Gasteiger partial charge in [-0.2, -0.15) is 5.10 Å². The Hall–Kier alpha value is -2.38. The highest BCUT2D eigenvalue weighted by atomic mass is 35.5. The van der Waals surface area contributed by atoms with Gasteiger partial charge in [0.25, 0.3) is 11.8 Å². The summed E-state index contributed by atoms with van der Waals surface area (Å²) in [5.74, 6) is -0.158. The lowest BCUT2D eigenvalue weighted by molar-refractivity contribution is 0.0950. The molecule has 0 unspecified atom stereocenters. The molecular weight excluding hydrogens is 354 g/mol. The van der Waals surface area contributed by atoms with Gasteiger partial charge in [-0.15, -0.1) is 12.4 Å². The van der Waals surface area contributed by atoms with Gasteiger partial charge in [0.15, 0.2) is 5.69 Å². The number of halogens is 1. The van der Waals surface area contributed by atoms with Crippen molar-refractivity contribution in [2.45, 2.75) is 26.8 Å². The van der Waals surface area contributed by atoms with E-state index < -0.39 is 0 Å². The summed E-state index contributed by atoms with van der Waals surface area (Å²) in [6.45, 7) is 6.13. The first kappa shape index (κ1) is 19.9. The second-order valence-electron chi connectivity index (χ2n) is 6.56. The maximum Gasteiger partial charge on any atom is 0.276 e. The van der Waals surface area contributed by atoms with Crippen LogP contribution in [-0.4, -0.2) is 35.1 Å². The van der Waals surface area contributed by atoms with Crippen LogP contribution in [0.2, 0.25) is 0 Å². The predicted octanol–water partition coefficient (Wildman–Crippen LogP) is 2.12. The number of aromatic amines is 1. The average Bonchev–Trinajstić information content (AvgIpc) is 3.04. The Morgan fingerprint density at radius 1 is 1.23 bits per heavy atom. The van der Waals surface area contributed by atoms with Crippen molar-refractivity contribution in [3.63, 3.8) is 0 Å². The van der Waals surface area contributed by atoms with Crippen LogP contribution in [0.15, 0.2) is 24.3 Å². The molecule has 0 fully saturated rings. The van der Waals surface area contributed by atoms with Crippen molar-refractivity contribution in [3.05, 3.63) is 46.8 Å². The van der Waals surface area contributed by atoms with Gasteiger partial charge in [0.2, 0.25) is 0 Å². The summed E-state index contributed by atoms with van der Waals surface area (Å²) in [4.78, 5) is 25.0. The Bertz CT molecular complexity index is 788. The van der Waals surface area contributed by atoms with Crippen LogP contribution in [0.3, 0.4) is 0 Å². The molecule has 1 aliphatic heterocycles. The zero-order valence-electron chi connectivity index (χ0n) is 14.9. The van der Waals surface area contributed by atoms with Gasteiger partial charge in [-0.05, 0) is 18.1 Å².